The molecule has 6 nitrogen and oxygen atoms in total. The predicted octanol–water partition coefficient (Wildman–Crippen LogP) is 3.99. The fourth-order valence-electron chi connectivity index (χ4n) is 2.79. The van der Waals surface area contributed by atoms with E-state index in [1.54, 1.807) is 19.2 Å². The van der Waals surface area contributed by atoms with E-state index in [-0.39, 0.29) is 23.0 Å². The summed E-state index contributed by atoms with van der Waals surface area (Å²) in [4.78, 5) is 12.6. The van der Waals surface area contributed by atoms with Crippen LogP contribution in [0.1, 0.15) is 25.5 Å². The molecule has 0 aliphatic heterocycles. The molecule has 0 fully saturated rings. The number of nitrogens with one attached hydrogen (secondary N) is 1. The van der Waals surface area contributed by atoms with E-state index in [9.17, 15) is 9.18 Å². The molecule has 3 rings (SSSR count). The molecule has 0 radical (unpaired) electrons. The zero-order valence-electron chi connectivity index (χ0n) is 16.7. The van der Waals surface area contributed by atoms with Crippen LogP contribution in [0.3, 0.4) is 0 Å². The van der Waals surface area contributed by atoms with E-state index in [2.05, 4.69) is 15.5 Å². The molecule has 152 valence electrons. The Hall–Kier alpha value is -2.87. The summed E-state index contributed by atoms with van der Waals surface area (Å²) in [5.74, 6) is 1.06. The van der Waals surface area contributed by atoms with Gasteiger partial charge in [0, 0.05) is 12.6 Å². The number of aromatic nitrogens is 3. The minimum atomic E-state index is -0.371. The van der Waals surface area contributed by atoms with Gasteiger partial charge < -0.3 is 14.6 Å². The highest BCUT2D eigenvalue weighted by Crippen LogP contribution is 2.27. The van der Waals surface area contributed by atoms with Gasteiger partial charge in [0.25, 0.3) is 0 Å². The topological polar surface area (TPSA) is 69.0 Å². The van der Waals surface area contributed by atoms with Crippen molar-refractivity contribution in [2.24, 2.45) is 7.05 Å². The third-order valence-electron chi connectivity index (χ3n) is 4.56. The summed E-state index contributed by atoms with van der Waals surface area (Å²) in [6, 6.07) is 13.4. The number of carbonyl (C=O) groups is 1. The van der Waals surface area contributed by atoms with E-state index < -0.39 is 0 Å². The maximum Gasteiger partial charge on any atom is 0.233 e. The number of thioether (sulfide) groups is 1. The van der Waals surface area contributed by atoms with E-state index in [1.807, 2.05) is 49.7 Å². The quantitative estimate of drug-likeness (QED) is 0.592. The highest BCUT2D eigenvalue weighted by atomic mass is 32.2. The maximum atomic E-state index is 13.1. The van der Waals surface area contributed by atoms with Gasteiger partial charge in [-0.15, -0.1) is 10.2 Å². The van der Waals surface area contributed by atoms with Gasteiger partial charge in [0.2, 0.25) is 5.91 Å². The van der Waals surface area contributed by atoms with E-state index in [0.29, 0.717) is 11.0 Å². The number of hydrogen-bond acceptors (Lipinski definition) is 5. The Morgan fingerprint density at radius 2 is 1.76 bits per heavy atom. The van der Waals surface area contributed by atoms with Gasteiger partial charge in [-0.25, -0.2) is 4.39 Å². The van der Waals surface area contributed by atoms with Crippen molar-refractivity contribution >= 4 is 17.7 Å². The fraction of sp³-hybridized carbons (Fsp3) is 0.286. The summed E-state index contributed by atoms with van der Waals surface area (Å²) in [5, 5.41) is 11.7. The number of halogens is 1. The summed E-state index contributed by atoms with van der Waals surface area (Å²) in [6.45, 7) is 3.69. The summed E-state index contributed by atoms with van der Waals surface area (Å²) in [5.41, 5.74) is 1.76. The van der Waals surface area contributed by atoms with Gasteiger partial charge in [0.05, 0.1) is 18.4 Å². The minimum absolute atomic E-state index is 0.124. The van der Waals surface area contributed by atoms with E-state index in [4.69, 9.17) is 4.74 Å². The van der Waals surface area contributed by atoms with E-state index >= 15 is 0 Å². The lowest BCUT2D eigenvalue weighted by molar-refractivity contribution is -0.120. The van der Waals surface area contributed by atoms with Crippen molar-refractivity contribution in [3.05, 3.63) is 59.9 Å². The molecule has 1 aromatic heterocycles. The molecule has 1 N–H and O–H groups in total. The van der Waals surface area contributed by atoms with Crippen LogP contribution in [0.2, 0.25) is 0 Å². The van der Waals surface area contributed by atoms with Crippen molar-refractivity contribution in [1.82, 2.24) is 20.1 Å². The fourth-order valence-corrected chi connectivity index (χ4v) is 3.61. The lowest BCUT2D eigenvalue weighted by Gasteiger charge is -2.17. The number of amides is 1. The molecular formula is C21H23FN4O2S. The molecule has 2 aromatic carbocycles. The molecule has 29 heavy (non-hydrogen) atoms. The zero-order chi connectivity index (χ0) is 21.0. The molecule has 0 aliphatic rings. The third-order valence-corrected chi connectivity index (χ3v) is 5.70. The predicted molar refractivity (Wildman–Crippen MR) is 111 cm³/mol. The average Bonchev–Trinajstić information content (AvgIpc) is 3.08. The van der Waals surface area contributed by atoms with Crippen LogP contribution < -0.4 is 10.1 Å². The second kappa shape index (κ2) is 9.09. The van der Waals surface area contributed by atoms with E-state index in [0.717, 1.165) is 16.9 Å². The van der Waals surface area contributed by atoms with Crippen LogP contribution in [-0.4, -0.2) is 33.0 Å². The van der Waals surface area contributed by atoms with Crippen molar-refractivity contribution in [2.75, 3.05) is 7.11 Å². The average molecular weight is 415 g/mol. The van der Waals surface area contributed by atoms with Gasteiger partial charge in [-0.3, -0.25) is 4.79 Å². The Bertz CT molecular complexity index is 973. The highest BCUT2D eigenvalue weighted by molar-refractivity contribution is 8.00. The standard InChI is InChI=1S/C21H23FN4O2S/c1-13(15-5-9-17(22)10-6-15)23-20(27)14(2)29-21-25-24-19(26(21)3)16-7-11-18(28-4)12-8-16/h5-14H,1-4H3,(H,23,27)/t13-,14+/m0/s1. The number of rotatable bonds is 7. The molecule has 0 aliphatic carbocycles. The smallest absolute Gasteiger partial charge is 0.233 e. The van der Waals surface area contributed by atoms with E-state index in [1.165, 1.54) is 23.9 Å². The Kier molecular flexibility index (Phi) is 6.53. The Morgan fingerprint density at radius 1 is 1.10 bits per heavy atom. The van der Waals surface area contributed by atoms with Crippen molar-refractivity contribution in [2.45, 2.75) is 30.3 Å². The number of ether oxygens (including phenoxy) is 1. The first-order valence-electron chi connectivity index (χ1n) is 9.15. The van der Waals surface area contributed by atoms with Gasteiger partial charge in [-0.2, -0.15) is 0 Å². The van der Waals surface area contributed by atoms with Gasteiger partial charge in [-0.1, -0.05) is 23.9 Å². The van der Waals surface area contributed by atoms with Gasteiger partial charge in [-0.05, 0) is 55.8 Å². The molecule has 3 aromatic rings. The van der Waals surface area contributed by atoms with Crippen molar-refractivity contribution < 1.29 is 13.9 Å². The molecule has 1 amide bonds. The van der Waals surface area contributed by atoms with Crippen LogP contribution >= 0.6 is 11.8 Å². The highest BCUT2D eigenvalue weighted by Gasteiger charge is 2.21. The first-order valence-corrected chi connectivity index (χ1v) is 10.0. The van der Waals surface area contributed by atoms with Gasteiger partial charge >= 0.3 is 0 Å². The third kappa shape index (κ3) is 4.95. The SMILES string of the molecule is COc1ccc(-c2nnc(S[C@H](C)C(=O)N[C@@H](C)c3ccc(F)cc3)n2C)cc1. The minimum Gasteiger partial charge on any atom is -0.497 e. The number of methoxy groups -OCH3 is 1. The largest absolute Gasteiger partial charge is 0.497 e. The number of benzene rings is 2. The molecule has 0 saturated heterocycles. The second-order valence-electron chi connectivity index (χ2n) is 6.64. The molecule has 2 atom stereocenters. The van der Waals surface area contributed by atoms with Crippen molar-refractivity contribution in [3.63, 3.8) is 0 Å². The molecule has 0 bridgehead atoms. The van der Waals surface area contributed by atoms with Crippen LogP contribution in [-0.2, 0) is 11.8 Å². The molecule has 0 spiro atoms. The lowest BCUT2D eigenvalue weighted by Crippen LogP contribution is -2.33. The van der Waals surface area contributed by atoms with Crippen LogP contribution in [0.4, 0.5) is 4.39 Å². The summed E-state index contributed by atoms with van der Waals surface area (Å²) in [7, 11) is 3.49. The van der Waals surface area contributed by atoms with Crippen molar-refractivity contribution in [1.29, 1.82) is 0 Å². The number of hydrogen-bond donors (Lipinski definition) is 1. The van der Waals surface area contributed by atoms with Crippen molar-refractivity contribution in [3.8, 4) is 17.1 Å². The summed E-state index contributed by atoms with van der Waals surface area (Å²) >= 11 is 1.33. The van der Waals surface area contributed by atoms with Crippen LogP contribution in [0.15, 0.2) is 53.7 Å². The molecule has 0 unspecified atom stereocenters. The Morgan fingerprint density at radius 3 is 2.38 bits per heavy atom. The first kappa shape index (κ1) is 20.9. The molecule has 8 heteroatoms. The Balaban J connectivity index is 1.65. The van der Waals surface area contributed by atoms with Gasteiger partial charge in [0.15, 0.2) is 11.0 Å². The van der Waals surface area contributed by atoms with Crippen LogP contribution in [0.25, 0.3) is 11.4 Å². The monoisotopic (exact) mass is 414 g/mol. The van der Waals surface area contributed by atoms with Crippen LogP contribution in [0.5, 0.6) is 5.75 Å². The second-order valence-corrected chi connectivity index (χ2v) is 7.94. The number of nitrogens with zero attached hydrogens (tertiary/aromatic N) is 3. The van der Waals surface area contributed by atoms with Gasteiger partial charge in [0.1, 0.15) is 11.6 Å². The molecule has 0 saturated carbocycles. The van der Waals surface area contributed by atoms with Crippen LogP contribution in [0, 0.1) is 5.82 Å². The molecule has 1 heterocycles. The maximum absolute atomic E-state index is 13.1. The summed E-state index contributed by atoms with van der Waals surface area (Å²) in [6.07, 6.45) is 0. The zero-order valence-corrected chi connectivity index (χ0v) is 17.5. The first-order chi connectivity index (χ1) is 13.9. The normalized spacial score (nSPS) is 13.0. The summed E-state index contributed by atoms with van der Waals surface area (Å²) < 4.78 is 20.1. The lowest BCUT2D eigenvalue weighted by atomic mass is 10.1. The Labute approximate surface area is 173 Å². The number of carbonyl (C=O) groups excluding carboxylic acids is 1. The molecular weight excluding hydrogens is 391 g/mol.